The van der Waals surface area contributed by atoms with Crippen LogP contribution in [0.5, 0.6) is 5.75 Å². The Morgan fingerprint density at radius 2 is 2.00 bits per heavy atom. The maximum Gasteiger partial charge on any atom is 0.308 e. The van der Waals surface area contributed by atoms with E-state index in [1.807, 2.05) is 18.2 Å². The van der Waals surface area contributed by atoms with E-state index in [1.54, 1.807) is 14.0 Å². The molecular formula is C17H20O5S. The fraction of sp³-hybridized carbons (Fsp3) is 0.412. The summed E-state index contributed by atoms with van der Waals surface area (Å²) in [4.78, 5) is 24.4. The molecule has 0 spiro atoms. The second kappa shape index (κ2) is 7.57. The average molecular weight is 336 g/mol. The third-order valence-corrected chi connectivity index (χ3v) is 4.81. The molecule has 5 nitrogen and oxygen atoms in total. The molecule has 23 heavy (non-hydrogen) atoms. The summed E-state index contributed by atoms with van der Waals surface area (Å²) in [7, 11) is 2.90. The molecule has 0 aliphatic carbocycles. The zero-order valence-corrected chi connectivity index (χ0v) is 14.2. The van der Waals surface area contributed by atoms with Gasteiger partial charge in [0.15, 0.2) is 5.78 Å². The molecule has 0 bridgehead atoms. The van der Waals surface area contributed by atoms with Gasteiger partial charge >= 0.3 is 5.97 Å². The molecule has 1 aromatic carbocycles. The highest BCUT2D eigenvalue weighted by atomic mass is 32.1. The third kappa shape index (κ3) is 3.89. The zero-order valence-electron chi connectivity index (χ0n) is 13.4. The number of methoxy groups -OCH3 is 2. The molecule has 0 aliphatic rings. The molecule has 0 aliphatic heterocycles. The summed E-state index contributed by atoms with van der Waals surface area (Å²) < 4.78 is 10.9. The standard InChI is InChI=1S/C17H20O5S/c1-10(17(20)22-3)6-13(19)16-8-12-7-11(4-5-18)14(21-2)9-15(12)23-16/h7-10,18H,4-6H2,1-3H3. The SMILES string of the molecule is COC(=O)C(C)CC(=O)c1cc2cc(CCO)c(OC)cc2s1. The van der Waals surface area contributed by atoms with Gasteiger partial charge in [-0.3, -0.25) is 9.59 Å². The maximum atomic E-state index is 12.3. The quantitative estimate of drug-likeness (QED) is 0.622. The first-order valence-electron chi connectivity index (χ1n) is 7.32. The van der Waals surface area contributed by atoms with Crippen LogP contribution in [-0.4, -0.2) is 37.7 Å². The predicted molar refractivity (Wildman–Crippen MR) is 89.3 cm³/mol. The molecule has 1 heterocycles. The number of hydrogen-bond donors (Lipinski definition) is 1. The topological polar surface area (TPSA) is 72.8 Å². The largest absolute Gasteiger partial charge is 0.496 e. The van der Waals surface area contributed by atoms with Crippen molar-refractivity contribution in [2.75, 3.05) is 20.8 Å². The summed E-state index contributed by atoms with van der Waals surface area (Å²) in [6.45, 7) is 1.72. The number of fused-ring (bicyclic) bond motifs is 1. The molecule has 0 amide bonds. The van der Waals surface area contributed by atoms with Crippen molar-refractivity contribution >= 4 is 33.2 Å². The minimum atomic E-state index is -0.461. The number of hydrogen-bond acceptors (Lipinski definition) is 6. The smallest absolute Gasteiger partial charge is 0.308 e. The second-order valence-electron chi connectivity index (χ2n) is 5.34. The van der Waals surface area contributed by atoms with Crippen molar-refractivity contribution in [3.63, 3.8) is 0 Å². The molecule has 124 valence electrons. The van der Waals surface area contributed by atoms with Crippen LogP contribution in [0.25, 0.3) is 10.1 Å². The molecule has 1 unspecified atom stereocenters. The van der Waals surface area contributed by atoms with Crippen molar-refractivity contribution in [3.05, 3.63) is 28.6 Å². The maximum absolute atomic E-state index is 12.3. The first kappa shape index (κ1) is 17.4. The van der Waals surface area contributed by atoms with Crippen LogP contribution in [0.15, 0.2) is 18.2 Å². The van der Waals surface area contributed by atoms with Crippen LogP contribution in [0.2, 0.25) is 0 Å². The molecule has 2 rings (SSSR count). The van der Waals surface area contributed by atoms with Crippen LogP contribution in [0, 0.1) is 5.92 Å². The minimum Gasteiger partial charge on any atom is -0.496 e. The number of benzene rings is 1. The lowest BCUT2D eigenvalue weighted by Gasteiger charge is -2.07. The monoisotopic (exact) mass is 336 g/mol. The first-order chi connectivity index (χ1) is 11.0. The van der Waals surface area contributed by atoms with Crippen LogP contribution in [0.3, 0.4) is 0 Å². The van der Waals surface area contributed by atoms with E-state index in [1.165, 1.54) is 18.4 Å². The normalized spacial score (nSPS) is 12.2. The van der Waals surface area contributed by atoms with Gasteiger partial charge in [0.25, 0.3) is 0 Å². The molecule has 1 atom stereocenters. The Hall–Kier alpha value is -1.92. The van der Waals surface area contributed by atoms with E-state index in [0.717, 1.165) is 15.6 Å². The van der Waals surface area contributed by atoms with Crippen molar-refractivity contribution in [3.8, 4) is 5.75 Å². The molecule has 0 radical (unpaired) electrons. The molecule has 0 saturated carbocycles. The highest BCUT2D eigenvalue weighted by Crippen LogP contribution is 2.33. The second-order valence-corrected chi connectivity index (χ2v) is 6.42. The van der Waals surface area contributed by atoms with Gasteiger partial charge in [0, 0.05) is 17.7 Å². The van der Waals surface area contributed by atoms with Crippen LogP contribution in [0.1, 0.15) is 28.6 Å². The van der Waals surface area contributed by atoms with Crippen LogP contribution in [0.4, 0.5) is 0 Å². The Morgan fingerprint density at radius 1 is 1.26 bits per heavy atom. The van der Waals surface area contributed by atoms with Gasteiger partial charge in [-0.05, 0) is 35.6 Å². The van der Waals surface area contributed by atoms with Gasteiger partial charge in [0.05, 0.1) is 25.0 Å². The van der Waals surface area contributed by atoms with Gasteiger partial charge in [-0.15, -0.1) is 11.3 Å². The fourth-order valence-electron chi connectivity index (χ4n) is 2.42. The molecule has 2 aromatic rings. The molecule has 0 fully saturated rings. The highest BCUT2D eigenvalue weighted by Gasteiger charge is 2.20. The summed E-state index contributed by atoms with van der Waals surface area (Å²) >= 11 is 1.38. The average Bonchev–Trinajstić information content (AvgIpc) is 2.96. The summed E-state index contributed by atoms with van der Waals surface area (Å²) in [5, 5.41) is 10.1. The van der Waals surface area contributed by atoms with Crippen molar-refractivity contribution in [2.45, 2.75) is 19.8 Å². The molecule has 6 heteroatoms. The number of ether oxygens (including phenoxy) is 2. The molecular weight excluding hydrogens is 316 g/mol. The van der Waals surface area contributed by atoms with E-state index in [4.69, 9.17) is 9.84 Å². The van der Waals surface area contributed by atoms with E-state index in [0.29, 0.717) is 17.0 Å². The van der Waals surface area contributed by atoms with Gasteiger partial charge in [-0.25, -0.2) is 0 Å². The Morgan fingerprint density at radius 3 is 2.61 bits per heavy atom. The van der Waals surface area contributed by atoms with Gasteiger partial charge in [-0.2, -0.15) is 0 Å². The summed E-state index contributed by atoms with van der Waals surface area (Å²) in [5.74, 6) is -0.217. The number of esters is 1. The Labute approximate surface area is 138 Å². The van der Waals surface area contributed by atoms with Gasteiger partial charge in [0.1, 0.15) is 5.75 Å². The number of aliphatic hydroxyl groups is 1. The number of ketones is 1. The summed E-state index contributed by atoms with van der Waals surface area (Å²) in [6, 6.07) is 5.64. The Bertz CT molecular complexity index is 719. The Kier molecular flexibility index (Phi) is 5.74. The van der Waals surface area contributed by atoms with Crippen LogP contribution in [-0.2, 0) is 16.0 Å². The lowest BCUT2D eigenvalue weighted by Crippen LogP contribution is -2.16. The van der Waals surface area contributed by atoms with Crippen molar-refractivity contribution in [1.82, 2.24) is 0 Å². The summed E-state index contributed by atoms with van der Waals surface area (Å²) in [6.07, 6.45) is 0.623. The lowest BCUT2D eigenvalue weighted by atomic mass is 10.0. The van der Waals surface area contributed by atoms with Crippen LogP contribution < -0.4 is 4.74 Å². The van der Waals surface area contributed by atoms with Crippen molar-refractivity contribution in [2.24, 2.45) is 5.92 Å². The number of thiophene rings is 1. The van der Waals surface area contributed by atoms with Gasteiger partial charge < -0.3 is 14.6 Å². The number of Topliss-reactive ketones (excluding diaryl/α,β-unsaturated/α-hetero) is 1. The molecule has 0 saturated heterocycles. The molecule has 1 aromatic heterocycles. The van der Waals surface area contributed by atoms with Gasteiger partial charge in [-0.1, -0.05) is 6.92 Å². The fourth-order valence-corrected chi connectivity index (χ4v) is 3.44. The first-order valence-corrected chi connectivity index (χ1v) is 8.14. The summed E-state index contributed by atoms with van der Waals surface area (Å²) in [5.41, 5.74) is 0.905. The van der Waals surface area contributed by atoms with E-state index in [9.17, 15) is 9.59 Å². The Balaban J connectivity index is 2.29. The highest BCUT2D eigenvalue weighted by molar-refractivity contribution is 7.20. The van der Waals surface area contributed by atoms with E-state index < -0.39 is 5.92 Å². The third-order valence-electron chi connectivity index (χ3n) is 3.67. The van der Waals surface area contributed by atoms with Crippen LogP contribution >= 0.6 is 11.3 Å². The van der Waals surface area contributed by atoms with Gasteiger partial charge in [0.2, 0.25) is 0 Å². The molecule has 1 N–H and O–H groups in total. The minimum absolute atomic E-state index is 0.0361. The number of aliphatic hydroxyl groups excluding tert-OH is 1. The number of carbonyl (C=O) groups excluding carboxylic acids is 2. The zero-order chi connectivity index (χ0) is 17.0. The number of rotatable bonds is 7. The van der Waals surface area contributed by atoms with E-state index in [2.05, 4.69) is 4.74 Å². The van der Waals surface area contributed by atoms with Crippen molar-refractivity contribution in [1.29, 1.82) is 0 Å². The van der Waals surface area contributed by atoms with E-state index in [-0.39, 0.29) is 24.8 Å². The lowest BCUT2D eigenvalue weighted by molar-refractivity contribution is -0.144. The van der Waals surface area contributed by atoms with E-state index >= 15 is 0 Å². The number of carbonyl (C=O) groups is 2. The predicted octanol–water partition coefficient (Wildman–Crippen LogP) is 2.83. The van der Waals surface area contributed by atoms with Crippen molar-refractivity contribution < 1.29 is 24.2 Å².